The summed E-state index contributed by atoms with van der Waals surface area (Å²) in [7, 11) is 0. The molecule has 18 heavy (non-hydrogen) atoms. The molecule has 0 unspecified atom stereocenters. The van der Waals surface area contributed by atoms with Crippen LogP contribution in [-0.2, 0) is 6.61 Å². The van der Waals surface area contributed by atoms with E-state index in [2.05, 4.69) is 30.4 Å². The molecule has 0 bridgehead atoms. The maximum absolute atomic E-state index is 5.77. The van der Waals surface area contributed by atoms with Gasteiger partial charge >= 0.3 is 0 Å². The Kier molecular flexibility index (Phi) is 4.65. The third-order valence-corrected chi connectivity index (χ3v) is 2.66. The fourth-order valence-electron chi connectivity index (χ4n) is 1.71. The first-order valence-electron chi connectivity index (χ1n) is 6.39. The van der Waals surface area contributed by atoms with Crippen LogP contribution in [0.1, 0.15) is 18.9 Å². The predicted octanol–water partition coefficient (Wildman–Crippen LogP) is 4.09. The molecular formula is C16H19NO. The third kappa shape index (κ3) is 3.81. The van der Waals surface area contributed by atoms with Crippen LogP contribution in [0.25, 0.3) is 0 Å². The van der Waals surface area contributed by atoms with Crippen molar-refractivity contribution in [2.24, 2.45) is 0 Å². The van der Waals surface area contributed by atoms with Crippen LogP contribution in [0.4, 0.5) is 5.69 Å². The van der Waals surface area contributed by atoms with E-state index >= 15 is 0 Å². The van der Waals surface area contributed by atoms with E-state index in [1.807, 2.05) is 36.4 Å². The number of anilines is 1. The molecule has 2 nitrogen and oxygen atoms in total. The standard InChI is InChI=1S/C16H19NO/c1-2-11-17-15-9-6-10-16(12-15)18-13-14-7-4-3-5-8-14/h3-10,12,17H,2,11,13H2,1H3. The van der Waals surface area contributed by atoms with Gasteiger partial charge in [0.25, 0.3) is 0 Å². The number of rotatable bonds is 6. The normalized spacial score (nSPS) is 10.1. The summed E-state index contributed by atoms with van der Waals surface area (Å²) in [6, 6.07) is 18.3. The average molecular weight is 241 g/mol. The Hall–Kier alpha value is -1.96. The molecule has 0 radical (unpaired) electrons. The zero-order valence-electron chi connectivity index (χ0n) is 10.7. The molecule has 0 saturated heterocycles. The van der Waals surface area contributed by atoms with Gasteiger partial charge in [0.1, 0.15) is 12.4 Å². The van der Waals surface area contributed by atoms with Gasteiger partial charge in [-0.1, -0.05) is 43.3 Å². The average Bonchev–Trinajstić information content (AvgIpc) is 2.44. The van der Waals surface area contributed by atoms with E-state index in [0.717, 1.165) is 24.4 Å². The molecule has 0 spiro atoms. The summed E-state index contributed by atoms with van der Waals surface area (Å²) in [5.74, 6) is 0.903. The minimum absolute atomic E-state index is 0.609. The summed E-state index contributed by atoms with van der Waals surface area (Å²) in [6.07, 6.45) is 1.12. The van der Waals surface area contributed by atoms with Crippen molar-refractivity contribution in [3.05, 3.63) is 60.2 Å². The highest BCUT2D eigenvalue weighted by atomic mass is 16.5. The maximum Gasteiger partial charge on any atom is 0.121 e. The minimum Gasteiger partial charge on any atom is -0.489 e. The molecule has 2 aromatic rings. The first kappa shape index (κ1) is 12.5. The molecule has 2 aromatic carbocycles. The molecular weight excluding hydrogens is 222 g/mol. The van der Waals surface area contributed by atoms with Gasteiger partial charge < -0.3 is 10.1 Å². The summed E-state index contributed by atoms with van der Waals surface area (Å²) in [5, 5.41) is 3.35. The summed E-state index contributed by atoms with van der Waals surface area (Å²) in [4.78, 5) is 0. The lowest BCUT2D eigenvalue weighted by atomic mass is 10.2. The van der Waals surface area contributed by atoms with Gasteiger partial charge in [0.15, 0.2) is 0 Å². The molecule has 2 rings (SSSR count). The van der Waals surface area contributed by atoms with Crippen LogP contribution in [0.3, 0.4) is 0 Å². The van der Waals surface area contributed by atoms with Gasteiger partial charge in [0, 0.05) is 18.3 Å². The van der Waals surface area contributed by atoms with E-state index in [1.165, 1.54) is 5.56 Å². The minimum atomic E-state index is 0.609. The van der Waals surface area contributed by atoms with Crippen molar-refractivity contribution in [2.45, 2.75) is 20.0 Å². The number of hydrogen-bond acceptors (Lipinski definition) is 2. The van der Waals surface area contributed by atoms with Crippen molar-refractivity contribution in [1.82, 2.24) is 0 Å². The first-order chi connectivity index (χ1) is 8.88. The number of ether oxygens (including phenoxy) is 1. The molecule has 2 heteroatoms. The Labute approximate surface area is 109 Å². The van der Waals surface area contributed by atoms with Gasteiger partial charge in [-0.05, 0) is 24.1 Å². The number of benzene rings is 2. The monoisotopic (exact) mass is 241 g/mol. The smallest absolute Gasteiger partial charge is 0.121 e. The van der Waals surface area contributed by atoms with Crippen LogP contribution >= 0.6 is 0 Å². The second-order valence-electron chi connectivity index (χ2n) is 4.23. The molecule has 0 aromatic heterocycles. The van der Waals surface area contributed by atoms with E-state index in [0.29, 0.717) is 6.61 Å². The van der Waals surface area contributed by atoms with Crippen molar-refractivity contribution in [3.8, 4) is 5.75 Å². The van der Waals surface area contributed by atoms with E-state index < -0.39 is 0 Å². The highest BCUT2D eigenvalue weighted by Crippen LogP contribution is 2.18. The second-order valence-corrected chi connectivity index (χ2v) is 4.23. The van der Waals surface area contributed by atoms with Crippen molar-refractivity contribution in [1.29, 1.82) is 0 Å². The summed E-state index contributed by atoms with van der Waals surface area (Å²) in [6.45, 7) is 3.75. The van der Waals surface area contributed by atoms with E-state index in [-0.39, 0.29) is 0 Å². The van der Waals surface area contributed by atoms with Gasteiger partial charge in [0.2, 0.25) is 0 Å². The molecule has 0 saturated carbocycles. The van der Waals surface area contributed by atoms with Crippen molar-refractivity contribution >= 4 is 5.69 Å². The van der Waals surface area contributed by atoms with Crippen LogP contribution in [0.15, 0.2) is 54.6 Å². The molecule has 0 fully saturated rings. The Bertz CT molecular complexity index is 468. The fourth-order valence-corrected chi connectivity index (χ4v) is 1.71. The van der Waals surface area contributed by atoms with Gasteiger partial charge in [-0.25, -0.2) is 0 Å². The second kappa shape index (κ2) is 6.70. The highest BCUT2D eigenvalue weighted by molar-refractivity contribution is 5.48. The SMILES string of the molecule is CCCNc1cccc(OCc2ccccc2)c1. The third-order valence-electron chi connectivity index (χ3n) is 2.66. The van der Waals surface area contributed by atoms with Gasteiger partial charge in [-0.3, -0.25) is 0 Å². The Morgan fingerprint density at radius 1 is 1.00 bits per heavy atom. The summed E-state index contributed by atoms with van der Waals surface area (Å²) >= 11 is 0. The Morgan fingerprint density at radius 3 is 2.61 bits per heavy atom. The highest BCUT2D eigenvalue weighted by Gasteiger charge is 1.97. The van der Waals surface area contributed by atoms with E-state index in [9.17, 15) is 0 Å². The summed E-state index contributed by atoms with van der Waals surface area (Å²) in [5.41, 5.74) is 2.30. The molecule has 0 amide bonds. The number of nitrogens with one attached hydrogen (secondary N) is 1. The quantitative estimate of drug-likeness (QED) is 0.822. The summed E-state index contributed by atoms with van der Waals surface area (Å²) < 4.78 is 5.77. The molecule has 0 heterocycles. The Balaban J connectivity index is 1.93. The zero-order chi connectivity index (χ0) is 12.6. The van der Waals surface area contributed by atoms with Crippen molar-refractivity contribution in [2.75, 3.05) is 11.9 Å². The molecule has 94 valence electrons. The van der Waals surface area contributed by atoms with Crippen molar-refractivity contribution < 1.29 is 4.74 Å². The molecule has 1 N–H and O–H groups in total. The molecule has 0 aliphatic carbocycles. The van der Waals surface area contributed by atoms with Crippen molar-refractivity contribution in [3.63, 3.8) is 0 Å². The lowest BCUT2D eigenvalue weighted by Gasteiger charge is -2.09. The Morgan fingerprint density at radius 2 is 1.83 bits per heavy atom. The van der Waals surface area contributed by atoms with Crippen LogP contribution in [-0.4, -0.2) is 6.54 Å². The maximum atomic E-state index is 5.77. The molecule has 0 atom stereocenters. The van der Waals surface area contributed by atoms with Crippen LogP contribution in [0.5, 0.6) is 5.75 Å². The largest absolute Gasteiger partial charge is 0.489 e. The molecule has 0 aliphatic rings. The first-order valence-corrected chi connectivity index (χ1v) is 6.39. The van der Waals surface area contributed by atoms with E-state index in [1.54, 1.807) is 0 Å². The zero-order valence-corrected chi connectivity index (χ0v) is 10.7. The van der Waals surface area contributed by atoms with Crippen LogP contribution in [0, 0.1) is 0 Å². The predicted molar refractivity (Wildman–Crippen MR) is 76.0 cm³/mol. The van der Waals surface area contributed by atoms with E-state index in [4.69, 9.17) is 4.74 Å². The lowest BCUT2D eigenvalue weighted by Crippen LogP contribution is -2.00. The lowest BCUT2D eigenvalue weighted by molar-refractivity contribution is 0.306. The van der Waals surface area contributed by atoms with Gasteiger partial charge in [-0.2, -0.15) is 0 Å². The van der Waals surface area contributed by atoms with Crippen LogP contribution < -0.4 is 10.1 Å². The van der Waals surface area contributed by atoms with Crippen LogP contribution in [0.2, 0.25) is 0 Å². The fraction of sp³-hybridized carbons (Fsp3) is 0.250. The topological polar surface area (TPSA) is 21.3 Å². The van der Waals surface area contributed by atoms with Gasteiger partial charge in [0.05, 0.1) is 0 Å². The van der Waals surface area contributed by atoms with Gasteiger partial charge in [-0.15, -0.1) is 0 Å². The molecule has 0 aliphatic heterocycles. The number of hydrogen-bond donors (Lipinski definition) is 1.